The third-order valence-corrected chi connectivity index (χ3v) is 2.44. The lowest BCUT2D eigenvalue weighted by Gasteiger charge is -2.09. The average molecular weight is 236 g/mol. The number of allylic oxidation sites excluding steroid dienone is 1. The van der Waals surface area contributed by atoms with Gasteiger partial charge in [-0.25, -0.2) is 4.99 Å². The Morgan fingerprint density at radius 2 is 1.56 bits per heavy atom. The van der Waals surface area contributed by atoms with Gasteiger partial charge in [0.1, 0.15) is 5.84 Å². The van der Waals surface area contributed by atoms with E-state index in [1.54, 1.807) is 6.20 Å². The fourth-order valence-corrected chi connectivity index (χ4v) is 1.58. The standard InChI is InChI=1S/C16H16N2/c1-2-13-17-16(14-9-5-3-6-10-14)18-15-11-7-4-8-12-15/h2-13H,1H3,(H,17,18)/b13-2+. The maximum absolute atomic E-state index is 4.43. The molecule has 0 saturated carbocycles. The van der Waals surface area contributed by atoms with E-state index in [1.165, 1.54) is 0 Å². The maximum Gasteiger partial charge on any atom is 0.137 e. The van der Waals surface area contributed by atoms with Crippen molar-refractivity contribution in [2.24, 2.45) is 4.99 Å². The topological polar surface area (TPSA) is 24.4 Å². The van der Waals surface area contributed by atoms with Gasteiger partial charge >= 0.3 is 0 Å². The molecule has 0 fully saturated rings. The summed E-state index contributed by atoms with van der Waals surface area (Å²) in [7, 11) is 0. The monoisotopic (exact) mass is 236 g/mol. The fraction of sp³-hybridized carbons (Fsp3) is 0.0625. The molecule has 2 rings (SSSR count). The zero-order valence-corrected chi connectivity index (χ0v) is 10.4. The highest BCUT2D eigenvalue weighted by molar-refractivity contribution is 6.08. The number of nitrogens with one attached hydrogen (secondary N) is 1. The molecule has 2 aromatic carbocycles. The molecule has 1 N–H and O–H groups in total. The lowest BCUT2D eigenvalue weighted by atomic mass is 10.2. The number of amidine groups is 1. The molecule has 0 aliphatic rings. The number of hydrogen-bond acceptors (Lipinski definition) is 1. The van der Waals surface area contributed by atoms with E-state index in [0.717, 1.165) is 17.1 Å². The minimum absolute atomic E-state index is 0.847. The van der Waals surface area contributed by atoms with E-state index in [1.807, 2.05) is 73.7 Å². The van der Waals surface area contributed by atoms with Crippen molar-refractivity contribution in [3.63, 3.8) is 0 Å². The molecule has 0 atom stereocenters. The first-order valence-electron chi connectivity index (χ1n) is 5.96. The SMILES string of the molecule is C/C=C/N=C(Nc1ccccc1)c1ccccc1. The molecule has 0 radical (unpaired) electrons. The van der Waals surface area contributed by atoms with E-state index in [0.29, 0.717) is 0 Å². The van der Waals surface area contributed by atoms with Crippen LogP contribution in [-0.4, -0.2) is 5.84 Å². The number of aliphatic imine (C=N–C) groups is 1. The molecular weight excluding hydrogens is 220 g/mol. The molecule has 0 amide bonds. The van der Waals surface area contributed by atoms with Gasteiger partial charge in [-0.15, -0.1) is 0 Å². The quantitative estimate of drug-likeness (QED) is 0.630. The highest BCUT2D eigenvalue weighted by Crippen LogP contribution is 2.09. The molecule has 0 heterocycles. The first-order valence-corrected chi connectivity index (χ1v) is 5.96. The van der Waals surface area contributed by atoms with Crippen LogP contribution in [0.2, 0.25) is 0 Å². The maximum atomic E-state index is 4.43. The van der Waals surface area contributed by atoms with Crippen LogP contribution in [0.1, 0.15) is 12.5 Å². The van der Waals surface area contributed by atoms with Crippen molar-refractivity contribution in [3.8, 4) is 0 Å². The number of anilines is 1. The van der Waals surface area contributed by atoms with Crippen molar-refractivity contribution in [1.82, 2.24) is 0 Å². The van der Waals surface area contributed by atoms with Crippen LogP contribution in [0.25, 0.3) is 0 Å². The van der Waals surface area contributed by atoms with Crippen LogP contribution < -0.4 is 5.32 Å². The highest BCUT2D eigenvalue weighted by atomic mass is 15.0. The van der Waals surface area contributed by atoms with Crippen LogP contribution >= 0.6 is 0 Å². The van der Waals surface area contributed by atoms with E-state index in [4.69, 9.17) is 0 Å². The van der Waals surface area contributed by atoms with Crippen LogP contribution in [0, 0.1) is 0 Å². The first kappa shape index (κ1) is 12.1. The van der Waals surface area contributed by atoms with Crippen LogP contribution in [-0.2, 0) is 0 Å². The van der Waals surface area contributed by atoms with Crippen molar-refractivity contribution in [2.75, 3.05) is 5.32 Å². The van der Waals surface area contributed by atoms with E-state index in [9.17, 15) is 0 Å². The highest BCUT2D eigenvalue weighted by Gasteiger charge is 2.01. The van der Waals surface area contributed by atoms with Gasteiger partial charge < -0.3 is 5.32 Å². The van der Waals surface area contributed by atoms with Crippen molar-refractivity contribution < 1.29 is 0 Å². The zero-order valence-electron chi connectivity index (χ0n) is 10.4. The minimum Gasteiger partial charge on any atom is -0.340 e. The third-order valence-electron chi connectivity index (χ3n) is 2.44. The van der Waals surface area contributed by atoms with Crippen LogP contribution in [0.5, 0.6) is 0 Å². The van der Waals surface area contributed by atoms with Crippen molar-refractivity contribution in [2.45, 2.75) is 6.92 Å². The van der Waals surface area contributed by atoms with E-state index < -0.39 is 0 Å². The van der Waals surface area contributed by atoms with Gasteiger partial charge in [-0.3, -0.25) is 0 Å². The Morgan fingerprint density at radius 3 is 2.17 bits per heavy atom. The second-order valence-electron chi connectivity index (χ2n) is 3.82. The summed E-state index contributed by atoms with van der Waals surface area (Å²) in [5, 5.41) is 3.33. The molecule has 0 aromatic heterocycles. The van der Waals surface area contributed by atoms with Gasteiger partial charge in [0, 0.05) is 17.5 Å². The van der Waals surface area contributed by atoms with Gasteiger partial charge in [0.15, 0.2) is 0 Å². The molecule has 0 saturated heterocycles. The zero-order chi connectivity index (χ0) is 12.6. The molecule has 0 bridgehead atoms. The summed E-state index contributed by atoms with van der Waals surface area (Å²) in [6, 6.07) is 20.1. The molecule has 0 spiro atoms. The molecule has 18 heavy (non-hydrogen) atoms. The molecular formula is C16H16N2. The molecule has 0 aliphatic carbocycles. The van der Waals surface area contributed by atoms with Crippen molar-refractivity contribution >= 4 is 11.5 Å². The molecule has 2 aromatic rings. The van der Waals surface area contributed by atoms with Gasteiger partial charge in [-0.2, -0.15) is 0 Å². The number of rotatable bonds is 3. The Bertz CT molecular complexity index is 528. The lowest BCUT2D eigenvalue weighted by molar-refractivity contribution is 1.46. The smallest absolute Gasteiger partial charge is 0.137 e. The summed E-state index contributed by atoms with van der Waals surface area (Å²) in [5.41, 5.74) is 2.10. The van der Waals surface area contributed by atoms with Crippen LogP contribution in [0.15, 0.2) is 77.9 Å². The van der Waals surface area contributed by atoms with Crippen LogP contribution in [0.4, 0.5) is 5.69 Å². The Hall–Kier alpha value is -2.35. The Morgan fingerprint density at radius 1 is 0.944 bits per heavy atom. The van der Waals surface area contributed by atoms with E-state index in [-0.39, 0.29) is 0 Å². The molecule has 90 valence electrons. The Labute approximate surface area is 108 Å². The van der Waals surface area contributed by atoms with Gasteiger partial charge in [-0.05, 0) is 19.1 Å². The third kappa shape index (κ3) is 3.32. The van der Waals surface area contributed by atoms with Crippen molar-refractivity contribution in [1.29, 1.82) is 0 Å². The predicted octanol–water partition coefficient (Wildman–Crippen LogP) is 4.08. The number of para-hydroxylation sites is 1. The Kier molecular flexibility index (Phi) is 4.31. The summed E-state index contributed by atoms with van der Waals surface area (Å²) in [6.07, 6.45) is 3.70. The molecule has 2 nitrogen and oxygen atoms in total. The summed E-state index contributed by atoms with van der Waals surface area (Å²) in [4.78, 5) is 4.43. The summed E-state index contributed by atoms with van der Waals surface area (Å²) in [5.74, 6) is 0.847. The second kappa shape index (κ2) is 6.40. The molecule has 0 aliphatic heterocycles. The Balaban J connectivity index is 2.27. The first-order chi connectivity index (χ1) is 8.90. The van der Waals surface area contributed by atoms with E-state index >= 15 is 0 Å². The lowest BCUT2D eigenvalue weighted by Crippen LogP contribution is -2.12. The summed E-state index contributed by atoms with van der Waals surface area (Å²) < 4.78 is 0. The fourth-order valence-electron chi connectivity index (χ4n) is 1.58. The van der Waals surface area contributed by atoms with Crippen molar-refractivity contribution in [3.05, 3.63) is 78.5 Å². The van der Waals surface area contributed by atoms with Gasteiger partial charge in [0.05, 0.1) is 0 Å². The average Bonchev–Trinajstić information content (AvgIpc) is 2.45. The number of hydrogen-bond donors (Lipinski definition) is 1. The van der Waals surface area contributed by atoms with E-state index in [2.05, 4.69) is 10.3 Å². The largest absolute Gasteiger partial charge is 0.340 e. The minimum atomic E-state index is 0.847. The summed E-state index contributed by atoms with van der Waals surface area (Å²) in [6.45, 7) is 1.95. The summed E-state index contributed by atoms with van der Waals surface area (Å²) >= 11 is 0. The van der Waals surface area contributed by atoms with Gasteiger partial charge in [-0.1, -0.05) is 54.6 Å². The predicted molar refractivity (Wildman–Crippen MR) is 77.9 cm³/mol. The molecule has 2 heteroatoms. The number of benzene rings is 2. The van der Waals surface area contributed by atoms with Gasteiger partial charge in [0.2, 0.25) is 0 Å². The molecule has 0 unspecified atom stereocenters. The number of nitrogens with zero attached hydrogens (tertiary/aromatic N) is 1. The second-order valence-corrected chi connectivity index (χ2v) is 3.82. The van der Waals surface area contributed by atoms with Crippen LogP contribution in [0.3, 0.4) is 0 Å². The normalized spacial score (nSPS) is 11.7. The van der Waals surface area contributed by atoms with Gasteiger partial charge in [0.25, 0.3) is 0 Å².